The maximum Gasteiger partial charge on any atom is 0.261 e. The molecule has 2 aromatic carbocycles. The van der Waals surface area contributed by atoms with E-state index < -0.39 is 6.04 Å². The Bertz CT molecular complexity index is 1340. The number of piperazine rings is 1. The van der Waals surface area contributed by atoms with Crippen molar-refractivity contribution in [3.05, 3.63) is 65.2 Å². The molecule has 3 N–H and O–H groups in total. The predicted molar refractivity (Wildman–Crippen MR) is 160 cm³/mol. The predicted octanol–water partition coefficient (Wildman–Crippen LogP) is 3.83. The number of aliphatic hydroxyl groups is 1. The van der Waals surface area contributed by atoms with Gasteiger partial charge in [0.1, 0.15) is 0 Å². The van der Waals surface area contributed by atoms with E-state index in [1.165, 1.54) is 11.3 Å². The molecule has 4 fully saturated rings. The number of rotatable bonds is 6. The number of imide groups is 1. The van der Waals surface area contributed by atoms with Gasteiger partial charge in [0, 0.05) is 31.7 Å². The molecule has 2 bridgehead atoms. The largest absolute Gasteiger partial charge is 0.394 e. The minimum Gasteiger partial charge on any atom is -0.394 e. The first-order valence-electron chi connectivity index (χ1n) is 15.2. The van der Waals surface area contributed by atoms with Crippen LogP contribution in [0.5, 0.6) is 0 Å². The Morgan fingerprint density at radius 3 is 2.54 bits per heavy atom. The third-order valence-electron chi connectivity index (χ3n) is 10.4. The third-order valence-corrected chi connectivity index (χ3v) is 10.4. The first-order chi connectivity index (χ1) is 19.7. The van der Waals surface area contributed by atoms with Crippen molar-refractivity contribution in [3.63, 3.8) is 0 Å². The number of amides is 2. The smallest absolute Gasteiger partial charge is 0.261 e. The lowest BCUT2D eigenvalue weighted by molar-refractivity contribution is -0.112. The van der Waals surface area contributed by atoms with Crippen LogP contribution in [0, 0.1) is 23.2 Å². The van der Waals surface area contributed by atoms with Crippen LogP contribution in [-0.4, -0.2) is 77.0 Å². The van der Waals surface area contributed by atoms with Crippen molar-refractivity contribution in [2.24, 2.45) is 28.2 Å². The summed E-state index contributed by atoms with van der Waals surface area (Å²) >= 11 is 0. The van der Waals surface area contributed by atoms with Gasteiger partial charge in [-0.3, -0.25) is 14.5 Å². The maximum atomic E-state index is 13.6. The Morgan fingerprint density at radius 2 is 1.85 bits per heavy atom. The Labute approximate surface area is 243 Å². The molecule has 2 heterocycles. The van der Waals surface area contributed by atoms with E-state index in [1.54, 1.807) is 12.1 Å². The number of carbonyl (C=O) groups excluding carboxylic acids is 2. The molecular weight excluding hydrogens is 514 g/mol. The number of aliphatic hydroxyl groups excluding tert-OH is 1. The Hall–Kier alpha value is -3.23. The third kappa shape index (κ3) is 5.06. The van der Waals surface area contributed by atoms with Crippen molar-refractivity contribution >= 4 is 23.5 Å². The van der Waals surface area contributed by atoms with Crippen molar-refractivity contribution in [2.75, 3.05) is 26.2 Å². The molecule has 3 saturated carbocycles. The number of nitrogens with one attached hydrogen (secondary N) is 2. The molecule has 6 atom stereocenters. The van der Waals surface area contributed by atoms with Crippen molar-refractivity contribution < 1.29 is 14.7 Å². The minimum atomic E-state index is -0.625. The number of guanidine groups is 1. The van der Waals surface area contributed by atoms with E-state index in [2.05, 4.69) is 43.2 Å². The second-order valence-electron chi connectivity index (χ2n) is 13.2. The Balaban J connectivity index is 1.27. The van der Waals surface area contributed by atoms with Gasteiger partial charge in [0.05, 0.1) is 29.5 Å². The van der Waals surface area contributed by atoms with Crippen LogP contribution < -0.4 is 10.6 Å². The first-order valence-corrected chi connectivity index (χ1v) is 15.2. The number of aliphatic imine (C=N–C) groups is 1. The number of fused-ring (bicyclic) bond motifs is 3. The molecule has 0 spiro atoms. The summed E-state index contributed by atoms with van der Waals surface area (Å²) in [7, 11) is 0. The number of hydrogen-bond acceptors (Lipinski definition) is 5. The van der Waals surface area contributed by atoms with Crippen LogP contribution in [0.15, 0.2) is 53.5 Å². The Kier molecular flexibility index (Phi) is 7.41. The highest BCUT2D eigenvalue weighted by molar-refractivity contribution is 6.22. The standard InChI is InChI=1S/C33H43N5O3/c1-20-18-37(13-12-34-20)32(36-29-16-23-15-28(21(29)2)33(23,3)4)35-24-10-11-26-27(17-24)31(41)38(30(26)40)25(19-39)14-22-8-6-5-7-9-22/h5-11,17,20-21,23,25,28-29,34,39H,12-16,18-19H2,1-4H3,(H,35,36)/t20-,21+,23-,25-,28-,29-/m0/s1. The molecule has 2 aliphatic heterocycles. The highest BCUT2D eigenvalue weighted by atomic mass is 16.3. The maximum absolute atomic E-state index is 13.6. The topological polar surface area (TPSA) is 97.3 Å². The summed E-state index contributed by atoms with van der Waals surface area (Å²) in [6.07, 6.45) is 2.86. The van der Waals surface area contributed by atoms with Gasteiger partial charge in [-0.05, 0) is 73.1 Å². The Morgan fingerprint density at radius 1 is 1.10 bits per heavy atom. The molecule has 8 heteroatoms. The molecule has 218 valence electrons. The zero-order valence-electron chi connectivity index (χ0n) is 24.6. The van der Waals surface area contributed by atoms with E-state index in [0.29, 0.717) is 52.6 Å². The molecule has 1 saturated heterocycles. The van der Waals surface area contributed by atoms with Gasteiger partial charge in [-0.2, -0.15) is 0 Å². The summed E-state index contributed by atoms with van der Waals surface area (Å²) in [5, 5.41) is 17.5. The van der Waals surface area contributed by atoms with Gasteiger partial charge in [-0.1, -0.05) is 51.1 Å². The van der Waals surface area contributed by atoms with E-state index in [4.69, 9.17) is 4.99 Å². The van der Waals surface area contributed by atoms with E-state index in [1.807, 2.05) is 36.4 Å². The van der Waals surface area contributed by atoms with Crippen LogP contribution in [0.2, 0.25) is 0 Å². The fourth-order valence-corrected chi connectivity index (χ4v) is 7.72. The van der Waals surface area contributed by atoms with Crippen molar-refractivity contribution in [2.45, 2.75) is 65.1 Å². The molecule has 0 aromatic heterocycles. The van der Waals surface area contributed by atoms with Crippen LogP contribution in [0.25, 0.3) is 0 Å². The second kappa shape index (κ2) is 10.9. The SMILES string of the molecule is C[C@H]1[C@@H](NC(=Nc2ccc3c(c2)C(=O)N([C@H](CO)Cc2ccccc2)C3=O)N2CCN[C@@H](C)C2)C[C@@H]2C[C@@H]1C2(C)C. The molecule has 2 amide bonds. The summed E-state index contributed by atoms with van der Waals surface area (Å²) in [4.78, 5) is 35.5. The molecular formula is C33H43N5O3. The molecule has 3 aliphatic carbocycles. The van der Waals surface area contributed by atoms with Crippen molar-refractivity contribution in [3.8, 4) is 0 Å². The van der Waals surface area contributed by atoms with Crippen LogP contribution in [-0.2, 0) is 6.42 Å². The van der Waals surface area contributed by atoms with Gasteiger partial charge >= 0.3 is 0 Å². The lowest BCUT2D eigenvalue weighted by Gasteiger charge is -2.62. The molecule has 8 nitrogen and oxygen atoms in total. The minimum absolute atomic E-state index is 0.293. The van der Waals surface area contributed by atoms with Gasteiger partial charge < -0.3 is 20.6 Å². The van der Waals surface area contributed by atoms with E-state index >= 15 is 0 Å². The first kappa shape index (κ1) is 27.9. The number of benzene rings is 2. The van der Waals surface area contributed by atoms with E-state index in [-0.39, 0.29) is 18.4 Å². The highest BCUT2D eigenvalue weighted by Crippen LogP contribution is 2.61. The molecule has 41 heavy (non-hydrogen) atoms. The number of nitrogens with zero attached hydrogens (tertiary/aromatic N) is 3. The van der Waals surface area contributed by atoms with Crippen LogP contribution in [0.4, 0.5) is 5.69 Å². The summed E-state index contributed by atoms with van der Waals surface area (Å²) in [6.45, 7) is 11.7. The van der Waals surface area contributed by atoms with Gasteiger partial charge in [0.15, 0.2) is 5.96 Å². The lowest BCUT2D eigenvalue weighted by atomic mass is 9.45. The van der Waals surface area contributed by atoms with Gasteiger partial charge in [0.25, 0.3) is 11.8 Å². The molecule has 0 radical (unpaired) electrons. The monoisotopic (exact) mass is 557 g/mol. The van der Waals surface area contributed by atoms with Gasteiger partial charge in [0.2, 0.25) is 0 Å². The second-order valence-corrected chi connectivity index (χ2v) is 13.2. The summed E-state index contributed by atoms with van der Waals surface area (Å²) < 4.78 is 0. The van der Waals surface area contributed by atoms with Crippen molar-refractivity contribution in [1.82, 2.24) is 20.4 Å². The molecule has 5 aliphatic rings. The number of hydrogen-bond donors (Lipinski definition) is 3. The molecule has 7 rings (SSSR count). The van der Waals surface area contributed by atoms with Gasteiger partial charge in [-0.15, -0.1) is 0 Å². The average Bonchev–Trinajstić information content (AvgIpc) is 3.21. The number of carbonyl (C=O) groups is 2. The van der Waals surface area contributed by atoms with E-state index in [0.717, 1.165) is 43.5 Å². The quantitative estimate of drug-likeness (QED) is 0.284. The van der Waals surface area contributed by atoms with Crippen LogP contribution >= 0.6 is 0 Å². The molecule has 0 unspecified atom stereocenters. The molecule has 2 aromatic rings. The lowest BCUT2D eigenvalue weighted by Crippen LogP contribution is -2.63. The van der Waals surface area contributed by atoms with Crippen LogP contribution in [0.3, 0.4) is 0 Å². The summed E-state index contributed by atoms with van der Waals surface area (Å²) in [6, 6.07) is 15.0. The fourth-order valence-electron chi connectivity index (χ4n) is 7.72. The zero-order valence-corrected chi connectivity index (χ0v) is 24.6. The summed E-state index contributed by atoms with van der Waals surface area (Å²) in [5.74, 6) is 2.11. The summed E-state index contributed by atoms with van der Waals surface area (Å²) in [5.41, 5.74) is 2.74. The normalized spacial score (nSPS) is 29.7. The van der Waals surface area contributed by atoms with Crippen LogP contribution in [0.1, 0.15) is 66.8 Å². The highest BCUT2D eigenvalue weighted by Gasteiger charge is 2.56. The van der Waals surface area contributed by atoms with Crippen molar-refractivity contribution in [1.29, 1.82) is 0 Å². The van der Waals surface area contributed by atoms with Gasteiger partial charge in [-0.25, -0.2) is 4.99 Å². The van der Waals surface area contributed by atoms with E-state index in [9.17, 15) is 14.7 Å². The average molecular weight is 558 g/mol. The zero-order chi connectivity index (χ0) is 28.9. The fraction of sp³-hybridized carbons (Fsp3) is 0.545.